The van der Waals surface area contributed by atoms with E-state index in [4.69, 9.17) is 16.3 Å². The Morgan fingerprint density at radius 2 is 1.87 bits per heavy atom. The smallest absolute Gasteiger partial charge is 0.314 e. The zero-order valence-corrected chi connectivity index (χ0v) is 18.4. The summed E-state index contributed by atoms with van der Waals surface area (Å²) in [5.41, 5.74) is 1.68. The van der Waals surface area contributed by atoms with Gasteiger partial charge in [0, 0.05) is 11.1 Å². The summed E-state index contributed by atoms with van der Waals surface area (Å²) < 4.78 is 5.56. The van der Waals surface area contributed by atoms with Crippen LogP contribution in [0.25, 0.3) is 16.7 Å². The third-order valence-electron chi connectivity index (χ3n) is 5.39. The number of hydrogen-bond acceptors (Lipinski definition) is 5. The molecule has 2 atom stereocenters. The van der Waals surface area contributed by atoms with Crippen molar-refractivity contribution in [2.45, 2.75) is 52.9 Å². The van der Waals surface area contributed by atoms with Crippen molar-refractivity contribution < 1.29 is 14.6 Å². The van der Waals surface area contributed by atoms with Crippen LogP contribution in [0.1, 0.15) is 52.9 Å². The van der Waals surface area contributed by atoms with Crippen LogP contribution in [0, 0.1) is 11.8 Å². The molecule has 0 fully saturated rings. The summed E-state index contributed by atoms with van der Waals surface area (Å²) in [5.74, 6) is 0.0762. The lowest BCUT2D eigenvalue weighted by Gasteiger charge is -2.22. The number of esters is 1. The van der Waals surface area contributed by atoms with Crippen molar-refractivity contribution in [1.82, 2.24) is 15.0 Å². The quantitative estimate of drug-likeness (QED) is 0.337. The summed E-state index contributed by atoms with van der Waals surface area (Å²) in [6.07, 6.45) is 5.28. The van der Waals surface area contributed by atoms with Gasteiger partial charge in [-0.05, 0) is 49.1 Å². The zero-order valence-electron chi connectivity index (χ0n) is 17.6. The Morgan fingerprint density at radius 3 is 2.57 bits per heavy atom. The fourth-order valence-corrected chi connectivity index (χ4v) is 3.78. The number of carbonyl (C=O) groups excluding carboxylic acids is 1. The molecule has 0 bridgehead atoms. The lowest BCUT2D eigenvalue weighted by atomic mass is 9.86. The molecule has 30 heavy (non-hydrogen) atoms. The predicted octanol–water partition coefficient (Wildman–Crippen LogP) is 5.93. The molecular weight excluding hydrogens is 402 g/mol. The second-order valence-corrected chi connectivity index (χ2v) is 8.11. The normalized spacial score (nSPS) is 13.3. The zero-order chi connectivity index (χ0) is 21.7. The van der Waals surface area contributed by atoms with Gasteiger partial charge in [-0.25, -0.2) is 0 Å². The molecule has 1 heterocycles. The molecule has 0 radical (unpaired) electrons. The van der Waals surface area contributed by atoms with Crippen molar-refractivity contribution in [3.63, 3.8) is 0 Å². The van der Waals surface area contributed by atoms with E-state index in [0.29, 0.717) is 33.4 Å². The Balaban J connectivity index is 1.74. The van der Waals surface area contributed by atoms with E-state index in [0.717, 1.165) is 32.1 Å². The molecular formula is C23H28ClN3O3. The third kappa shape index (κ3) is 5.11. The summed E-state index contributed by atoms with van der Waals surface area (Å²) in [5, 5.41) is 19.7. The number of halogens is 1. The summed E-state index contributed by atoms with van der Waals surface area (Å²) in [6, 6.07) is 9.90. The molecule has 160 valence electrons. The molecule has 0 spiro atoms. The Labute approximate surface area is 181 Å². The van der Waals surface area contributed by atoms with E-state index in [1.54, 1.807) is 30.3 Å². The lowest BCUT2D eigenvalue weighted by molar-refractivity contribution is -0.140. The van der Waals surface area contributed by atoms with Gasteiger partial charge in [-0.1, -0.05) is 51.6 Å². The Bertz CT molecular complexity index is 1020. The largest absolute Gasteiger partial charge is 0.505 e. The highest BCUT2D eigenvalue weighted by molar-refractivity contribution is 6.31. The maximum Gasteiger partial charge on any atom is 0.314 e. The highest BCUT2D eigenvalue weighted by Gasteiger charge is 2.25. The highest BCUT2D eigenvalue weighted by atomic mass is 35.5. The second-order valence-electron chi connectivity index (χ2n) is 7.67. The first-order chi connectivity index (χ1) is 14.4. The fraction of sp³-hybridized carbons (Fsp3) is 0.435. The maximum atomic E-state index is 12.7. The number of benzene rings is 2. The average molecular weight is 430 g/mol. The minimum absolute atomic E-state index is 0.0737. The first-order valence-electron chi connectivity index (χ1n) is 10.5. The Kier molecular flexibility index (Phi) is 7.32. The number of phenols is 1. The average Bonchev–Trinajstić information content (AvgIpc) is 3.13. The number of hydrogen-bond donors (Lipinski definition) is 1. The summed E-state index contributed by atoms with van der Waals surface area (Å²) >= 11 is 5.99. The van der Waals surface area contributed by atoms with Gasteiger partial charge < -0.3 is 9.84 Å². The van der Waals surface area contributed by atoms with Gasteiger partial charge in [0.2, 0.25) is 0 Å². The van der Waals surface area contributed by atoms with Crippen LogP contribution in [0.5, 0.6) is 11.5 Å². The van der Waals surface area contributed by atoms with Gasteiger partial charge in [0.15, 0.2) is 0 Å². The molecule has 2 aromatic carbocycles. The molecule has 0 saturated carbocycles. The van der Waals surface area contributed by atoms with Crippen LogP contribution in [0.15, 0.2) is 36.4 Å². The van der Waals surface area contributed by atoms with E-state index in [2.05, 4.69) is 24.0 Å². The number of ether oxygens (including phenoxy) is 1. The van der Waals surface area contributed by atoms with Crippen LogP contribution < -0.4 is 4.74 Å². The molecule has 1 aromatic heterocycles. The van der Waals surface area contributed by atoms with Crippen LogP contribution in [0.4, 0.5) is 0 Å². The van der Waals surface area contributed by atoms with Crippen molar-refractivity contribution in [3.05, 3.63) is 41.4 Å². The molecule has 3 aromatic rings. The van der Waals surface area contributed by atoms with Gasteiger partial charge in [0.05, 0.1) is 5.92 Å². The monoisotopic (exact) mass is 429 g/mol. The van der Waals surface area contributed by atoms with E-state index < -0.39 is 0 Å². The van der Waals surface area contributed by atoms with Gasteiger partial charge in [-0.3, -0.25) is 4.79 Å². The number of nitrogens with zero attached hydrogens (tertiary/aromatic N) is 3. The molecule has 3 rings (SSSR count). The number of unbranched alkanes of at least 4 members (excludes halogenated alkanes) is 1. The summed E-state index contributed by atoms with van der Waals surface area (Å²) in [7, 11) is 0. The highest BCUT2D eigenvalue weighted by Crippen LogP contribution is 2.30. The molecule has 0 aliphatic heterocycles. The van der Waals surface area contributed by atoms with Crippen LogP contribution in [-0.4, -0.2) is 26.1 Å². The molecule has 1 N–H and O–H groups in total. The summed E-state index contributed by atoms with van der Waals surface area (Å²) in [6.45, 7) is 6.22. The van der Waals surface area contributed by atoms with E-state index in [1.807, 2.05) is 6.92 Å². The molecule has 6 nitrogen and oxygen atoms in total. The number of aromatic nitrogens is 3. The Morgan fingerprint density at radius 1 is 1.10 bits per heavy atom. The first kappa shape index (κ1) is 22.1. The summed E-state index contributed by atoms with van der Waals surface area (Å²) in [4.78, 5) is 14.0. The standard InChI is InChI=1S/C23H28ClN3O3/c1-4-6-8-16(7-5-2)15(3)23(29)30-18-10-12-21(22(28)14-18)27-25-19-11-9-17(24)13-20(19)26-27/h9-16,28H,4-8H2,1-3H3. The van der Waals surface area contributed by atoms with Gasteiger partial charge in [-0.2, -0.15) is 0 Å². The number of rotatable bonds is 9. The molecule has 0 aliphatic carbocycles. The lowest BCUT2D eigenvalue weighted by Crippen LogP contribution is -2.25. The second kappa shape index (κ2) is 9.94. The first-order valence-corrected chi connectivity index (χ1v) is 10.9. The SMILES string of the molecule is CCCCC(CCC)C(C)C(=O)Oc1ccc(-n2nc3ccc(Cl)cc3n2)c(O)c1. The maximum absolute atomic E-state index is 12.7. The third-order valence-corrected chi connectivity index (χ3v) is 5.63. The van der Waals surface area contributed by atoms with Crippen molar-refractivity contribution in [3.8, 4) is 17.2 Å². The number of phenolic OH excluding ortho intramolecular Hbond substituents is 1. The molecule has 0 amide bonds. The fourth-order valence-electron chi connectivity index (χ4n) is 3.61. The van der Waals surface area contributed by atoms with Crippen molar-refractivity contribution in [1.29, 1.82) is 0 Å². The van der Waals surface area contributed by atoms with E-state index in [-0.39, 0.29) is 17.6 Å². The van der Waals surface area contributed by atoms with Gasteiger partial charge in [-0.15, -0.1) is 15.0 Å². The number of carbonyl (C=O) groups is 1. The minimum Gasteiger partial charge on any atom is -0.505 e. The van der Waals surface area contributed by atoms with Crippen LogP contribution in [0.3, 0.4) is 0 Å². The van der Waals surface area contributed by atoms with Crippen LogP contribution in [-0.2, 0) is 4.79 Å². The predicted molar refractivity (Wildman–Crippen MR) is 118 cm³/mol. The molecule has 0 saturated heterocycles. The van der Waals surface area contributed by atoms with Gasteiger partial charge in [0.1, 0.15) is 28.2 Å². The molecule has 0 aliphatic rings. The van der Waals surface area contributed by atoms with Gasteiger partial charge >= 0.3 is 5.97 Å². The van der Waals surface area contributed by atoms with Crippen molar-refractivity contribution in [2.24, 2.45) is 11.8 Å². The topological polar surface area (TPSA) is 77.2 Å². The van der Waals surface area contributed by atoms with Crippen LogP contribution >= 0.6 is 11.6 Å². The Hall–Kier alpha value is -2.60. The van der Waals surface area contributed by atoms with Crippen molar-refractivity contribution in [2.75, 3.05) is 0 Å². The number of fused-ring (bicyclic) bond motifs is 1. The van der Waals surface area contributed by atoms with Crippen molar-refractivity contribution >= 4 is 28.6 Å². The van der Waals surface area contributed by atoms with E-state index in [9.17, 15) is 9.90 Å². The number of aromatic hydroxyl groups is 1. The minimum atomic E-state index is -0.269. The molecule has 2 unspecified atom stereocenters. The van der Waals surface area contributed by atoms with E-state index >= 15 is 0 Å². The van der Waals surface area contributed by atoms with E-state index in [1.165, 1.54) is 10.9 Å². The van der Waals surface area contributed by atoms with Gasteiger partial charge in [0.25, 0.3) is 0 Å². The molecule has 7 heteroatoms. The van der Waals surface area contributed by atoms with Crippen LogP contribution in [0.2, 0.25) is 5.02 Å².